The van der Waals surface area contributed by atoms with Crippen molar-refractivity contribution in [1.82, 2.24) is 19.9 Å². The fourth-order valence-electron chi connectivity index (χ4n) is 7.52. The molecule has 2 aliphatic heterocycles. The lowest BCUT2D eigenvalue weighted by Crippen LogP contribution is -2.61. The number of ether oxygens (including phenoxy) is 2. The molecule has 0 aromatic carbocycles. The van der Waals surface area contributed by atoms with Gasteiger partial charge < -0.3 is 40.2 Å². The van der Waals surface area contributed by atoms with Crippen molar-refractivity contribution in [3.63, 3.8) is 0 Å². The molecule has 0 spiro atoms. The molecule has 6 heterocycles. The lowest BCUT2D eigenvalue weighted by atomic mass is 9.73. The molecule has 4 aromatic rings. The molecule has 7 N–H and O–H groups in total. The van der Waals surface area contributed by atoms with Gasteiger partial charge in [-0.15, -0.1) is 0 Å². The van der Waals surface area contributed by atoms with Crippen molar-refractivity contribution in [2.45, 2.75) is 83.8 Å². The number of carbonyl (C=O) groups is 2. The Kier molecular flexibility index (Phi) is 9.49. The molecule has 2 aliphatic rings. The number of aromatic nitrogens is 4. The van der Waals surface area contributed by atoms with Crippen LogP contribution in [-0.2, 0) is 37.4 Å². The van der Waals surface area contributed by atoms with Gasteiger partial charge >= 0.3 is 11.9 Å². The molecule has 6 rings (SSSR count). The zero-order valence-electron chi connectivity index (χ0n) is 31.1. The van der Waals surface area contributed by atoms with Crippen LogP contribution in [-0.4, -0.2) is 62.2 Å². The lowest BCUT2D eigenvalue weighted by molar-refractivity contribution is -0.141. The Hall–Kier alpha value is -4.77. The van der Waals surface area contributed by atoms with Gasteiger partial charge in [0.2, 0.25) is 5.47 Å². The van der Waals surface area contributed by atoms with Gasteiger partial charge in [-0.2, -0.15) is 10.2 Å². The summed E-state index contributed by atoms with van der Waals surface area (Å²) in [6, 6.07) is 0. The first-order valence-corrected chi connectivity index (χ1v) is 17.8. The number of fused-ring (bicyclic) bond motifs is 8. The maximum Gasteiger partial charge on any atom is 0.305 e. The van der Waals surface area contributed by atoms with Crippen LogP contribution >= 0.6 is 9.24 Å². The molecule has 274 valence electrons. The van der Waals surface area contributed by atoms with Gasteiger partial charge in [0.1, 0.15) is 5.54 Å². The molecular weight excluding hydrogens is 677 g/mol. The van der Waals surface area contributed by atoms with Gasteiger partial charge in [-0.3, -0.25) is 9.59 Å². The largest absolute Gasteiger partial charge is 0.469 e. The first-order chi connectivity index (χ1) is 24.5. The number of esters is 2. The first-order valence-electron chi connectivity index (χ1n) is 17.3. The summed E-state index contributed by atoms with van der Waals surface area (Å²) >= 11 is 0. The molecule has 8 bridgehead atoms. The zero-order chi connectivity index (χ0) is 37.9. The fourth-order valence-corrected chi connectivity index (χ4v) is 7.86. The summed E-state index contributed by atoms with van der Waals surface area (Å²) in [7, 11) is 5.13. The van der Waals surface area contributed by atoms with Crippen LogP contribution in [0.2, 0.25) is 0 Å². The Labute approximate surface area is 304 Å². The van der Waals surface area contributed by atoms with Crippen LogP contribution in [0.3, 0.4) is 0 Å². The number of azo groups is 1. The molecule has 4 atom stereocenters. The number of hydrogen-bond donors (Lipinski definition) is 6. The Bertz CT molecular complexity index is 2420. The Morgan fingerprint density at radius 3 is 1.88 bits per heavy atom. The Morgan fingerprint density at radius 1 is 0.769 bits per heavy atom. The number of nitrogens with two attached hydrogens (primary N) is 1. The van der Waals surface area contributed by atoms with Gasteiger partial charge in [-0.05, 0) is 112 Å². The van der Waals surface area contributed by atoms with Crippen molar-refractivity contribution >= 4 is 51.6 Å². The number of hydrogen-bond acceptors (Lipinski definition) is 8. The van der Waals surface area contributed by atoms with Crippen LogP contribution in [0.25, 0.3) is 30.4 Å². The molecule has 4 aromatic heterocycles. The highest BCUT2D eigenvalue weighted by Gasteiger charge is 2.61. The summed E-state index contributed by atoms with van der Waals surface area (Å²) in [5.41, 5.74) is 13.6. The summed E-state index contributed by atoms with van der Waals surface area (Å²) in [5.74, 6) is -0.603. The number of H-pyrrole nitrogens is 4. The third-order valence-electron chi connectivity index (χ3n) is 11.2. The van der Waals surface area contributed by atoms with E-state index in [4.69, 9.17) is 15.2 Å². The zero-order valence-corrected chi connectivity index (χ0v) is 32.2. The number of nitrogens with one attached hydrogen (secondary N) is 4. The summed E-state index contributed by atoms with van der Waals surface area (Å²) < 4.78 is 9.99. The number of nitrogens with zero attached hydrogens (tertiary/aromatic N) is 2. The molecule has 0 aliphatic carbocycles. The Balaban J connectivity index is 1.74. The average molecular weight is 726 g/mol. The molecule has 0 saturated carbocycles. The standard InChI is InChI=1S/C39H48N7O5P/c1-10-23-19(2)26-15-27-20(3)24(11-13-34(47)50-8)31(42-27)18-32-25(12-14-35(48)51-9)21(4)28(43-32)17-33-36(22(5)29(44-33)16-30(23)41-26)37(6)38(7,40)39(49,52)46-45-37/h10,15-18,41-44,49H,1,11-14,40,52H2,2-9H3/t37-,38+,39-/m1/s1. The van der Waals surface area contributed by atoms with Crippen LogP contribution in [0.5, 0.6) is 0 Å². The third kappa shape index (κ3) is 5.92. The van der Waals surface area contributed by atoms with Crippen LogP contribution in [0.4, 0.5) is 0 Å². The molecule has 12 nitrogen and oxygen atoms in total. The number of rotatable bonds is 8. The molecule has 1 unspecified atom stereocenters. The van der Waals surface area contributed by atoms with Crippen molar-refractivity contribution in [3.8, 4) is 0 Å². The molecule has 0 fully saturated rings. The predicted octanol–water partition coefficient (Wildman–Crippen LogP) is 2.64. The maximum atomic E-state index is 12.4. The van der Waals surface area contributed by atoms with Crippen molar-refractivity contribution in [2.75, 3.05) is 14.2 Å². The topological polar surface area (TPSA) is 187 Å². The Morgan fingerprint density at radius 2 is 1.29 bits per heavy atom. The number of aliphatic hydroxyl groups is 1. The monoisotopic (exact) mass is 725 g/mol. The smallest absolute Gasteiger partial charge is 0.305 e. The van der Waals surface area contributed by atoms with Gasteiger partial charge in [0.15, 0.2) is 0 Å². The van der Waals surface area contributed by atoms with E-state index in [1.165, 1.54) is 14.2 Å². The van der Waals surface area contributed by atoms with E-state index in [-0.39, 0.29) is 24.8 Å². The normalized spacial score (nSPS) is 21.9. The minimum absolute atomic E-state index is 0.190. The van der Waals surface area contributed by atoms with Gasteiger partial charge in [-0.1, -0.05) is 21.9 Å². The van der Waals surface area contributed by atoms with E-state index in [1.54, 1.807) is 6.92 Å². The quantitative estimate of drug-likeness (QED) is 0.105. The van der Waals surface area contributed by atoms with Crippen LogP contribution in [0.1, 0.15) is 94.0 Å². The molecule has 0 amide bonds. The van der Waals surface area contributed by atoms with E-state index in [2.05, 4.69) is 65.1 Å². The highest BCUT2D eigenvalue weighted by Crippen LogP contribution is 2.52. The summed E-state index contributed by atoms with van der Waals surface area (Å²) in [6.45, 7) is 15.9. The van der Waals surface area contributed by atoms with Crippen molar-refractivity contribution in [2.24, 2.45) is 16.0 Å². The molecule has 52 heavy (non-hydrogen) atoms. The van der Waals surface area contributed by atoms with Gasteiger partial charge in [0.05, 0.1) is 19.8 Å². The van der Waals surface area contributed by atoms with E-state index in [0.717, 1.165) is 88.7 Å². The summed E-state index contributed by atoms with van der Waals surface area (Å²) in [6.07, 6.45) is 11.3. The van der Waals surface area contributed by atoms with Crippen LogP contribution < -0.4 is 27.1 Å². The van der Waals surface area contributed by atoms with E-state index in [1.807, 2.05) is 45.9 Å². The SMILES string of the molecule is C=Cc1c(C)c2[nH]c1=Cc1[nH]c(c([C@@]3(C)N=N[C@](O)(P)[C@@]3(C)N)c1C)C=c1[nH]c(c(CCC(=O)OC)c1C)=Cc1[nH]c(c(C)c1CCC(=O)OC)C=2. The minimum atomic E-state index is -1.69. The molecule has 0 radical (unpaired) electrons. The minimum Gasteiger partial charge on any atom is -0.469 e. The van der Waals surface area contributed by atoms with Crippen LogP contribution in [0.15, 0.2) is 16.8 Å². The van der Waals surface area contributed by atoms with Gasteiger partial charge in [0, 0.05) is 68.1 Å². The molecular formula is C39H48N7O5P. The van der Waals surface area contributed by atoms with E-state index in [0.29, 0.717) is 12.8 Å². The van der Waals surface area contributed by atoms with E-state index >= 15 is 0 Å². The molecule has 0 saturated heterocycles. The second-order valence-corrected chi connectivity index (χ2v) is 15.0. The van der Waals surface area contributed by atoms with E-state index in [9.17, 15) is 14.7 Å². The average Bonchev–Trinajstić information content (AvgIpc) is 3.80. The maximum absolute atomic E-state index is 12.4. The highest BCUT2D eigenvalue weighted by molar-refractivity contribution is 7.18. The number of methoxy groups -OCH3 is 2. The number of aromatic amines is 4. The summed E-state index contributed by atoms with van der Waals surface area (Å²) in [5, 5.41) is 23.5. The number of carbonyl (C=O) groups excluding carboxylic acids is 2. The second kappa shape index (κ2) is 13.3. The van der Waals surface area contributed by atoms with Crippen molar-refractivity contribution in [3.05, 3.63) is 95.3 Å². The predicted molar refractivity (Wildman–Crippen MR) is 205 cm³/mol. The van der Waals surface area contributed by atoms with Gasteiger partial charge in [0.25, 0.3) is 0 Å². The fraction of sp³-hybridized carbons (Fsp3) is 0.385. The highest BCUT2D eigenvalue weighted by atomic mass is 31.0. The van der Waals surface area contributed by atoms with Gasteiger partial charge in [-0.25, -0.2) is 0 Å². The molecule has 13 heteroatoms. The van der Waals surface area contributed by atoms with Crippen molar-refractivity contribution in [1.29, 1.82) is 0 Å². The third-order valence-corrected chi connectivity index (χ3v) is 11.9. The van der Waals surface area contributed by atoms with Crippen LogP contribution in [0, 0.1) is 27.7 Å². The van der Waals surface area contributed by atoms with E-state index < -0.39 is 16.5 Å². The van der Waals surface area contributed by atoms with Crippen molar-refractivity contribution < 1.29 is 24.2 Å². The lowest BCUT2D eigenvalue weighted by Gasteiger charge is -2.40. The summed E-state index contributed by atoms with van der Waals surface area (Å²) in [4.78, 5) is 39.2. The first kappa shape index (κ1) is 37.0. The second-order valence-electron chi connectivity index (χ2n) is 14.2.